The summed E-state index contributed by atoms with van der Waals surface area (Å²) in [6, 6.07) is 5.78. The Hall–Kier alpha value is -0.800. The number of rotatable bonds is 6. The summed E-state index contributed by atoms with van der Waals surface area (Å²) in [6.07, 6.45) is 1.17. The van der Waals surface area contributed by atoms with Crippen LogP contribution in [0.3, 0.4) is 0 Å². The summed E-state index contributed by atoms with van der Waals surface area (Å²) in [7, 11) is 0. The van der Waals surface area contributed by atoms with Gasteiger partial charge in [-0.05, 0) is 31.0 Å². The maximum absolute atomic E-state index is 6.32. The fourth-order valence-corrected chi connectivity index (χ4v) is 2.25. The molecule has 0 fully saturated rings. The lowest BCUT2D eigenvalue weighted by molar-refractivity contribution is 0.548. The van der Waals surface area contributed by atoms with E-state index in [1.165, 1.54) is 6.42 Å². The maximum Gasteiger partial charge on any atom is 0.104 e. The highest BCUT2D eigenvalue weighted by molar-refractivity contribution is 7.80. The Morgan fingerprint density at radius 2 is 2.11 bits per heavy atom. The first-order valence-electron chi connectivity index (χ1n) is 6.33. The Morgan fingerprint density at radius 3 is 2.56 bits per heavy atom. The number of hydrogen-bond acceptors (Lipinski definition) is 2. The molecule has 2 nitrogen and oxygen atoms in total. The van der Waals surface area contributed by atoms with Crippen LogP contribution in [0.25, 0.3) is 0 Å². The minimum absolute atomic E-state index is 0.383. The number of anilines is 1. The Labute approximate surface area is 120 Å². The molecular weight excluding hydrogens is 264 g/mol. The minimum Gasteiger partial charge on any atom is -0.389 e. The molecule has 0 radical (unpaired) electrons. The van der Waals surface area contributed by atoms with Gasteiger partial charge in [0, 0.05) is 18.7 Å². The molecule has 1 unspecified atom stereocenters. The zero-order valence-corrected chi connectivity index (χ0v) is 12.8. The van der Waals surface area contributed by atoms with Gasteiger partial charge < -0.3 is 10.6 Å². The van der Waals surface area contributed by atoms with Crippen molar-refractivity contribution < 1.29 is 0 Å². The summed E-state index contributed by atoms with van der Waals surface area (Å²) in [5.41, 5.74) is 7.48. The van der Waals surface area contributed by atoms with Crippen molar-refractivity contribution in [2.75, 3.05) is 18.0 Å². The zero-order chi connectivity index (χ0) is 13.7. The van der Waals surface area contributed by atoms with Gasteiger partial charge in [-0.25, -0.2) is 0 Å². The SMILES string of the molecule is CCC(C)CN(CC)c1ccc(C(N)=S)cc1Cl. The van der Waals surface area contributed by atoms with Crippen molar-refractivity contribution >= 4 is 34.5 Å². The van der Waals surface area contributed by atoms with Gasteiger partial charge >= 0.3 is 0 Å². The molecule has 1 aromatic rings. The Kier molecular flexibility index (Phi) is 5.89. The van der Waals surface area contributed by atoms with Crippen molar-refractivity contribution in [3.05, 3.63) is 28.8 Å². The first-order valence-corrected chi connectivity index (χ1v) is 7.12. The van der Waals surface area contributed by atoms with Crippen molar-refractivity contribution in [2.45, 2.75) is 27.2 Å². The highest BCUT2D eigenvalue weighted by atomic mass is 35.5. The van der Waals surface area contributed by atoms with E-state index in [0.29, 0.717) is 15.9 Å². The van der Waals surface area contributed by atoms with E-state index in [1.807, 2.05) is 18.2 Å². The molecule has 18 heavy (non-hydrogen) atoms. The number of benzene rings is 1. The normalized spacial score (nSPS) is 12.2. The van der Waals surface area contributed by atoms with E-state index in [9.17, 15) is 0 Å². The van der Waals surface area contributed by atoms with Gasteiger partial charge in [-0.3, -0.25) is 0 Å². The summed E-state index contributed by atoms with van der Waals surface area (Å²) in [6.45, 7) is 8.55. The van der Waals surface area contributed by atoms with E-state index < -0.39 is 0 Å². The van der Waals surface area contributed by atoms with Crippen LogP contribution in [0.15, 0.2) is 18.2 Å². The molecule has 0 aromatic heterocycles. The number of nitrogens with two attached hydrogens (primary N) is 1. The quantitative estimate of drug-likeness (QED) is 0.805. The maximum atomic E-state index is 6.32. The topological polar surface area (TPSA) is 29.3 Å². The summed E-state index contributed by atoms with van der Waals surface area (Å²) >= 11 is 11.3. The summed E-state index contributed by atoms with van der Waals surface area (Å²) in [5, 5.41) is 0.713. The van der Waals surface area contributed by atoms with E-state index in [4.69, 9.17) is 29.6 Å². The molecule has 100 valence electrons. The molecule has 1 rings (SSSR count). The van der Waals surface area contributed by atoms with Gasteiger partial charge in [-0.2, -0.15) is 0 Å². The average molecular weight is 285 g/mol. The molecule has 0 aliphatic rings. The average Bonchev–Trinajstić information content (AvgIpc) is 2.35. The minimum atomic E-state index is 0.383. The van der Waals surface area contributed by atoms with Gasteiger partial charge in [0.15, 0.2) is 0 Å². The van der Waals surface area contributed by atoms with Crippen LogP contribution in [-0.4, -0.2) is 18.1 Å². The number of nitrogens with zero attached hydrogens (tertiary/aromatic N) is 1. The lowest BCUT2D eigenvalue weighted by atomic mass is 10.1. The van der Waals surface area contributed by atoms with Crippen LogP contribution in [0.1, 0.15) is 32.8 Å². The standard InChI is InChI=1S/C14H21ClN2S/c1-4-10(3)9-17(5-2)13-7-6-11(14(16)18)8-12(13)15/h6-8,10H,4-5,9H2,1-3H3,(H2,16,18). The Bertz CT molecular complexity index is 420. The summed E-state index contributed by atoms with van der Waals surface area (Å²) < 4.78 is 0. The van der Waals surface area contributed by atoms with Crippen molar-refractivity contribution in [1.29, 1.82) is 0 Å². The molecule has 0 aliphatic heterocycles. The van der Waals surface area contributed by atoms with E-state index in [0.717, 1.165) is 24.3 Å². The van der Waals surface area contributed by atoms with Gasteiger partial charge in [0.05, 0.1) is 10.7 Å². The zero-order valence-electron chi connectivity index (χ0n) is 11.2. The van der Waals surface area contributed by atoms with Crippen LogP contribution in [-0.2, 0) is 0 Å². The van der Waals surface area contributed by atoms with Gasteiger partial charge in [-0.1, -0.05) is 44.1 Å². The fraction of sp³-hybridized carbons (Fsp3) is 0.500. The lowest BCUT2D eigenvalue weighted by Gasteiger charge is -2.27. The lowest BCUT2D eigenvalue weighted by Crippen LogP contribution is -2.28. The highest BCUT2D eigenvalue weighted by Crippen LogP contribution is 2.27. The molecular formula is C14H21ClN2S. The molecule has 0 heterocycles. The third-order valence-electron chi connectivity index (χ3n) is 3.18. The molecule has 2 N–H and O–H groups in total. The van der Waals surface area contributed by atoms with Crippen LogP contribution in [0.5, 0.6) is 0 Å². The van der Waals surface area contributed by atoms with E-state index >= 15 is 0 Å². The number of halogens is 1. The molecule has 0 spiro atoms. The smallest absolute Gasteiger partial charge is 0.104 e. The van der Waals surface area contributed by atoms with E-state index in [-0.39, 0.29) is 0 Å². The second-order valence-corrected chi connectivity index (χ2v) is 5.43. The Morgan fingerprint density at radius 1 is 1.44 bits per heavy atom. The van der Waals surface area contributed by atoms with Crippen LogP contribution in [0.2, 0.25) is 5.02 Å². The fourth-order valence-electron chi connectivity index (χ4n) is 1.82. The largest absolute Gasteiger partial charge is 0.389 e. The highest BCUT2D eigenvalue weighted by Gasteiger charge is 2.12. The van der Waals surface area contributed by atoms with E-state index in [1.54, 1.807) is 0 Å². The van der Waals surface area contributed by atoms with Crippen molar-refractivity contribution in [3.63, 3.8) is 0 Å². The van der Waals surface area contributed by atoms with Gasteiger partial charge in [0.1, 0.15) is 4.99 Å². The first kappa shape index (κ1) is 15.3. The van der Waals surface area contributed by atoms with Crippen LogP contribution < -0.4 is 10.6 Å². The predicted octanol–water partition coefficient (Wildman–Crippen LogP) is 3.85. The second-order valence-electron chi connectivity index (χ2n) is 4.58. The van der Waals surface area contributed by atoms with Crippen LogP contribution >= 0.6 is 23.8 Å². The second kappa shape index (κ2) is 6.95. The molecule has 4 heteroatoms. The number of hydrogen-bond donors (Lipinski definition) is 1. The van der Waals surface area contributed by atoms with Gasteiger partial charge in [0.25, 0.3) is 0 Å². The molecule has 1 atom stereocenters. The molecule has 0 saturated carbocycles. The third-order valence-corrected chi connectivity index (χ3v) is 3.72. The Balaban J connectivity index is 2.96. The van der Waals surface area contributed by atoms with Crippen LogP contribution in [0, 0.1) is 5.92 Å². The molecule has 0 aliphatic carbocycles. The van der Waals surface area contributed by atoms with Crippen molar-refractivity contribution in [1.82, 2.24) is 0 Å². The summed E-state index contributed by atoms with van der Waals surface area (Å²) in [5.74, 6) is 0.649. The monoisotopic (exact) mass is 284 g/mol. The third kappa shape index (κ3) is 3.85. The molecule has 0 bridgehead atoms. The van der Waals surface area contributed by atoms with Crippen molar-refractivity contribution in [2.24, 2.45) is 11.7 Å². The predicted molar refractivity (Wildman–Crippen MR) is 84.7 cm³/mol. The molecule has 0 amide bonds. The van der Waals surface area contributed by atoms with E-state index in [2.05, 4.69) is 25.7 Å². The molecule has 1 aromatic carbocycles. The van der Waals surface area contributed by atoms with Gasteiger partial charge in [-0.15, -0.1) is 0 Å². The molecule has 0 saturated heterocycles. The first-order chi connectivity index (χ1) is 8.49. The van der Waals surface area contributed by atoms with Crippen LogP contribution in [0.4, 0.5) is 5.69 Å². The van der Waals surface area contributed by atoms with Gasteiger partial charge in [0.2, 0.25) is 0 Å². The van der Waals surface area contributed by atoms with Crippen molar-refractivity contribution in [3.8, 4) is 0 Å². The number of thiocarbonyl (C=S) groups is 1. The summed E-state index contributed by atoms with van der Waals surface area (Å²) in [4.78, 5) is 2.67.